The quantitative estimate of drug-likeness (QED) is 0.598. The first-order valence-corrected chi connectivity index (χ1v) is 7.52. The summed E-state index contributed by atoms with van der Waals surface area (Å²) in [6.07, 6.45) is 4.88. The second-order valence-electron chi connectivity index (χ2n) is 4.77. The Morgan fingerprint density at radius 2 is 1.90 bits per heavy atom. The van der Waals surface area contributed by atoms with Gasteiger partial charge in [-0.15, -0.1) is 0 Å². The van der Waals surface area contributed by atoms with Crippen molar-refractivity contribution in [1.82, 2.24) is 9.97 Å². The summed E-state index contributed by atoms with van der Waals surface area (Å²) < 4.78 is 15.6. The highest BCUT2D eigenvalue weighted by molar-refractivity contribution is 5.38. The van der Waals surface area contributed by atoms with Crippen molar-refractivity contribution in [3.8, 4) is 5.88 Å². The maximum Gasteiger partial charge on any atom is 0.218 e. The van der Waals surface area contributed by atoms with Gasteiger partial charge in [0.2, 0.25) is 5.88 Å². The van der Waals surface area contributed by atoms with Gasteiger partial charge < -0.3 is 19.5 Å². The van der Waals surface area contributed by atoms with Crippen LogP contribution in [0.25, 0.3) is 0 Å². The van der Waals surface area contributed by atoms with Gasteiger partial charge in [-0.2, -0.15) is 4.98 Å². The number of hydrogen-bond acceptors (Lipinski definition) is 6. The first kappa shape index (κ1) is 17.7. The fraction of sp³-hybridized carbons (Fsp3) is 0.733. The van der Waals surface area contributed by atoms with Gasteiger partial charge in [0.15, 0.2) is 5.82 Å². The van der Waals surface area contributed by atoms with Crippen molar-refractivity contribution in [2.24, 2.45) is 0 Å². The van der Waals surface area contributed by atoms with Gasteiger partial charge >= 0.3 is 0 Å². The summed E-state index contributed by atoms with van der Waals surface area (Å²) in [5, 5.41) is 3.32. The summed E-state index contributed by atoms with van der Waals surface area (Å²) in [5.74, 6) is 1.94. The SMILES string of the molecule is CCCCCCNc1cc(OCCOC)nc(COC)n1. The van der Waals surface area contributed by atoms with Gasteiger partial charge in [0.25, 0.3) is 0 Å². The van der Waals surface area contributed by atoms with Crippen molar-refractivity contribution < 1.29 is 14.2 Å². The number of ether oxygens (including phenoxy) is 3. The lowest BCUT2D eigenvalue weighted by atomic mass is 10.2. The molecule has 0 aromatic carbocycles. The minimum absolute atomic E-state index is 0.367. The molecule has 0 fully saturated rings. The molecule has 120 valence electrons. The summed E-state index contributed by atoms with van der Waals surface area (Å²) in [6.45, 7) is 4.48. The van der Waals surface area contributed by atoms with E-state index in [0.29, 0.717) is 31.5 Å². The van der Waals surface area contributed by atoms with Crippen LogP contribution in [0.4, 0.5) is 5.82 Å². The zero-order valence-corrected chi connectivity index (χ0v) is 13.4. The van der Waals surface area contributed by atoms with E-state index in [1.54, 1.807) is 14.2 Å². The number of anilines is 1. The zero-order valence-electron chi connectivity index (χ0n) is 13.4. The van der Waals surface area contributed by atoms with Gasteiger partial charge in [-0.25, -0.2) is 4.98 Å². The molecule has 1 aromatic heterocycles. The molecule has 0 saturated heterocycles. The third kappa shape index (κ3) is 7.82. The predicted octanol–water partition coefficient (Wildman–Crippen LogP) is 2.64. The van der Waals surface area contributed by atoms with E-state index in [4.69, 9.17) is 14.2 Å². The summed E-state index contributed by atoms with van der Waals surface area (Å²) in [5.41, 5.74) is 0. The van der Waals surface area contributed by atoms with Crippen LogP contribution < -0.4 is 10.1 Å². The van der Waals surface area contributed by atoms with Crippen LogP contribution in [0, 0.1) is 0 Å². The molecule has 1 heterocycles. The fourth-order valence-corrected chi connectivity index (χ4v) is 1.83. The number of nitrogens with one attached hydrogen (secondary N) is 1. The molecule has 1 rings (SSSR count). The van der Waals surface area contributed by atoms with Crippen molar-refractivity contribution in [2.45, 2.75) is 39.2 Å². The Labute approximate surface area is 127 Å². The van der Waals surface area contributed by atoms with Gasteiger partial charge in [-0.1, -0.05) is 26.2 Å². The molecule has 21 heavy (non-hydrogen) atoms. The molecular formula is C15H27N3O3. The Morgan fingerprint density at radius 3 is 2.62 bits per heavy atom. The molecule has 0 saturated carbocycles. The molecule has 0 aliphatic heterocycles. The summed E-state index contributed by atoms with van der Waals surface area (Å²) >= 11 is 0. The number of aromatic nitrogens is 2. The molecule has 0 spiro atoms. The first-order valence-electron chi connectivity index (χ1n) is 7.52. The predicted molar refractivity (Wildman–Crippen MR) is 82.7 cm³/mol. The van der Waals surface area contributed by atoms with Gasteiger partial charge in [0.05, 0.1) is 6.61 Å². The number of rotatable bonds is 12. The van der Waals surface area contributed by atoms with Crippen molar-refractivity contribution >= 4 is 5.82 Å². The first-order chi connectivity index (χ1) is 10.3. The molecule has 0 bridgehead atoms. The van der Waals surface area contributed by atoms with Crippen molar-refractivity contribution in [1.29, 1.82) is 0 Å². The molecule has 0 radical (unpaired) electrons. The van der Waals surface area contributed by atoms with Crippen molar-refractivity contribution in [3.05, 3.63) is 11.9 Å². The van der Waals surface area contributed by atoms with E-state index in [2.05, 4.69) is 22.2 Å². The van der Waals surface area contributed by atoms with Crippen LogP contribution in [0.15, 0.2) is 6.07 Å². The normalized spacial score (nSPS) is 10.6. The van der Waals surface area contributed by atoms with Crippen LogP contribution in [0.1, 0.15) is 38.4 Å². The van der Waals surface area contributed by atoms with E-state index in [1.807, 2.05) is 6.07 Å². The smallest absolute Gasteiger partial charge is 0.218 e. The van der Waals surface area contributed by atoms with Crippen LogP contribution in [0.3, 0.4) is 0 Å². The molecule has 0 unspecified atom stereocenters. The zero-order chi connectivity index (χ0) is 15.3. The van der Waals surface area contributed by atoms with Crippen molar-refractivity contribution in [2.75, 3.05) is 39.3 Å². The maximum atomic E-state index is 5.55. The minimum Gasteiger partial charge on any atom is -0.475 e. The van der Waals surface area contributed by atoms with Gasteiger partial charge in [0, 0.05) is 26.8 Å². The third-order valence-electron chi connectivity index (χ3n) is 2.90. The third-order valence-corrected chi connectivity index (χ3v) is 2.90. The molecule has 0 amide bonds. The Morgan fingerprint density at radius 1 is 1.05 bits per heavy atom. The van der Waals surface area contributed by atoms with Crippen LogP contribution in [-0.2, 0) is 16.1 Å². The number of methoxy groups -OCH3 is 2. The largest absolute Gasteiger partial charge is 0.475 e. The topological polar surface area (TPSA) is 65.5 Å². The summed E-state index contributed by atoms with van der Waals surface area (Å²) in [7, 11) is 3.27. The van der Waals surface area contributed by atoms with E-state index in [-0.39, 0.29) is 0 Å². The molecule has 0 atom stereocenters. The number of hydrogen-bond donors (Lipinski definition) is 1. The summed E-state index contributed by atoms with van der Waals surface area (Å²) in [6, 6.07) is 1.81. The molecule has 1 N–H and O–H groups in total. The second-order valence-corrected chi connectivity index (χ2v) is 4.77. The van der Waals surface area contributed by atoms with Crippen molar-refractivity contribution in [3.63, 3.8) is 0 Å². The highest BCUT2D eigenvalue weighted by Crippen LogP contribution is 2.14. The summed E-state index contributed by atoms with van der Waals surface area (Å²) in [4.78, 5) is 8.71. The molecule has 0 aliphatic carbocycles. The van der Waals surface area contributed by atoms with E-state index in [1.165, 1.54) is 19.3 Å². The highest BCUT2D eigenvalue weighted by atomic mass is 16.5. The average Bonchev–Trinajstić information content (AvgIpc) is 2.48. The number of nitrogens with zero attached hydrogens (tertiary/aromatic N) is 2. The average molecular weight is 297 g/mol. The molecule has 6 heteroatoms. The van der Waals surface area contributed by atoms with Gasteiger partial charge in [-0.3, -0.25) is 0 Å². The monoisotopic (exact) mass is 297 g/mol. The second kappa shape index (κ2) is 11.3. The maximum absolute atomic E-state index is 5.55. The van der Waals surface area contributed by atoms with Gasteiger partial charge in [-0.05, 0) is 6.42 Å². The Bertz CT molecular complexity index is 388. The lowest BCUT2D eigenvalue weighted by Crippen LogP contribution is -2.10. The fourth-order valence-electron chi connectivity index (χ4n) is 1.83. The van der Waals surface area contributed by atoms with Crippen LogP contribution in [0.2, 0.25) is 0 Å². The lowest BCUT2D eigenvalue weighted by Gasteiger charge is -2.10. The van der Waals surface area contributed by atoms with Crippen LogP contribution in [0.5, 0.6) is 5.88 Å². The molecule has 1 aromatic rings. The van der Waals surface area contributed by atoms with E-state index in [0.717, 1.165) is 18.8 Å². The lowest BCUT2D eigenvalue weighted by molar-refractivity contribution is 0.142. The van der Waals surface area contributed by atoms with Crippen LogP contribution >= 0.6 is 0 Å². The standard InChI is InChI=1S/C15H27N3O3/c1-4-5-6-7-8-16-13-11-15(21-10-9-19-2)18-14(17-13)12-20-3/h11H,4-10,12H2,1-3H3,(H,16,17,18). The Kier molecular flexibility index (Phi) is 9.48. The van der Waals surface area contributed by atoms with E-state index < -0.39 is 0 Å². The number of unbranched alkanes of at least 4 members (excludes halogenated alkanes) is 3. The Balaban J connectivity index is 2.54. The Hall–Kier alpha value is -1.40. The highest BCUT2D eigenvalue weighted by Gasteiger charge is 2.05. The van der Waals surface area contributed by atoms with E-state index >= 15 is 0 Å². The molecular weight excluding hydrogens is 270 g/mol. The van der Waals surface area contributed by atoms with Gasteiger partial charge in [0.1, 0.15) is 19.0 Å². The van der Waals surface area contributed by atoms with Crippen LogP contribution in [-0.4, -0.2) is 43.9 Å². The van der Waals surface area contributed by atoms with E-state index in [9.17, 15) is 0 Å². The minimum atomic E-state index is 0.367. The molecule has 6 nitrogen and oxygen atoms in total. The molecule has 0 aliphatic rings.